The van der Waals surface area contributed by atoms with Crippen LogP contribution in [0.15, 0.2) is 18.2 Å². The molecule has 1 spiro atoms. The molecule has 0 bridgehead atoms. The van der Waals surface area contributed by atoms with Crippen LogP contribution in [0.4, 0.5) is 26.3 Å². The van der Waals surface area contributed by atoms with Gasteiger partial charge in [-0.25, -0.2) is 9.37 Å². The number of benzene rings is 1. The molecule has 6 atom stereocenters. The fourth-order valence-electron chi connectivity index (χ4n) is 5.53. The highest BCUT2D eigenvalue weighted by Gasteiger charge is 2.82. The Morgan fingerprint density at radius 3 is 2.11 bits per heavy atom. The van der Waals surface area contributed by atoms with Crippen LogP contribution in [0.5, 0.6) is 0 Å². The average Bonchev–Trinajstić information content (AvgIpc) is 3.15. The standard InChI is InChI=1S/C20H22F6N6O5/c1-7-13(37-14(34)8-3-9(19(21,22)23)5-10(4-8)20(24,25)26)17(2,35)18-12(30-16(28)32(18)36)11(6-33)29-15(27)31(7)18/h3-5,7,11-13,33,35-36H,6H2,1-2H3,(H4,27,28,29,30)/p+2/t7?,11-,12?,13-,17-,18?/m0/s1. The van der Waals surface area contributed by atoms with E-state index in [1.165, 1.54) is 11.5 Å². The fourth-order valence-corrected chi connectivity index (χ4v) is 5.53. The van der Waals surface area contributed by atoms with Crippen molar-refractivity contribution in [1.29, 1.82) is 0 Å². The normalized spacial score (nSPS) is 33.6. The van der Waals surface area contributed by atoms with Gasteiger partial charge in [-0.15, -0.1) is 0 Å². The number of carbonyl (C=O) groups is 1. The molecule has 0 radical (unpaired) electrons. The third kappa shape index (κ3) is 3.62. The number of aliphatic hydroxyl groups excluding tert-OH is 1. The van der Waals surface area contributed by atoms with Crippen molar-refractivity contribution in [1.82, 2.24) is 10.6 Å². The second kappa shape index (κ2) is 8.01. The van der Waals surface area contributed by atoms with Crippen LogP contribution in [0.25, 0.3) is 0 Å². The zero-order chi connectivity index (χ0) is 27.9. The number of guanidine groups is 2. The van der Waals surface area contributed by atoms with E-state index in [-0.39, 0.29) is 30.1 Å². The quantitative estimate of drug-likeness (QED) is 0.111. The van der Waals surface area contributed by atoms with Gasteiger partial charge >= 0.3 is 35.9 Å². The van der Waals surface area contributed by atoms with Gasteiger partial charge in [0.15, 0.2) is 17.7 Å². The molecule has 204 valence electrons. The Bertz CT molecular complexity index is 1180. The second-order valence-electron chi connectivity index (χ2n) is 9.24. The van der Waals surface area contributed by atoms with Crippen molar-refractivity contribution in [3.8, 4) is 0 Å². The number of nitrogens with two attached hydrogens (primary N) is 2. The number of hydrogen-bond donors (Lipinski definition) is 7. The molecule has 4 rings (SSSR count). The minimum atomic E-state index is -5.20. The number of rotatable bonds is 3. The summed E-state index contributed by atoms with van der Waals surface area (Å²) >= 11 is 0. The van der Waals surface area contributed by atoms with Gasteiger partial charge in [0.1, 0.15) is 12.1 Å². The summed E-state index contributed by atoms with van der Waals surface area (Å²) < 4.78 is 86.6. The summed E-state index contributed by atoms with van der Waals surface area (Å²) in [4.78, 5) is 12.9. The fraction of sp³-hybridized carbons (Fsp3) is 0.550. The molecular weight excluding hydrogens is 518 g/mol. The first-order valence-electron chi connectivity index (χ1n) is 10.8. The summed E-state index contributed by atoms with van der Waals surface area (Å²) in [6, 6.07) is -2.86. The van der Waals surface area contributed by atoms with E-state index in [1.54, 1.807) is 0 Å². The largest absolute Gasteiger partial charge is 0.452 e. The number of nitrogens with one attached hydrogen (secondary N) is 2. The molecule has 1 aromatic rings. The van der Waals surface area contributed by atoms with E-state index < -0.39 is 77.1 Å². The molecule has 3 aliphatic heterocycles. The first-order chi connectivity index (χ1) is 16.9. The summed E-state index contributed by atoms with van der Waals surface area (Å²) in [5.41, 5.74) is 3.09. The molecule has 1 fully saturated rings. The monoisotopic (exact) mass is 542 g/mol. The van der Waals surface area contributed by atoms with Crippen molar-refractivity contribution in [2.45, 2.75) is 61.7 Å². The predicted molar refractivity (Wildman–Crippen MR) is 110 cm³/mol. The lowest BCUT2D eigenvalue weighted by molar-refractivity contribution is -0.948. The van der Waals surface area contributed by atoms with Crippen molar-refractivity contribution in [2.24, 2.45) is 11.5 Å². The maximum atomic E-state index is 13.3. The molecule has 0 amide bonds. The minimum absolute atomic E-state index is 0.141. The number of esters is 1. The number of ether oxygens (including phenoxy) is 1. The predicted octanol–water partition coefficient (Wildman–Crippen LogP) is -0.921. The van der Waals surface area contributed by atoms with E-state index >= 15 is 0 Å². The number of nitrogens with zero attached hydrogens (tertiary/aromatic N) is 2. The van der Waals surface area contributed by atoms with Gasteiger partial charge in [0.05, 0.1) is 23.3 Å². The second-order valence-corrected chi connectivity index (χ2v) is 9.24. The molecule has 0 aliphatic carbocycles. The van der Waals surface area contributed by atoms with Crippen LogP contribution >= 0.6 is 0 Å². The highest BCUT2D eigenvalue weighted by Crippen LogP contribution is 2.47. The van der Waals surface area contributed by atoms with Crippen LogP contribution in [0.1, 0.15) is 35.3 Å². The van der Waals surface area contributed by atoms with Gasteiger partial charge in [0, 0.05) is 0 Å². The minimum Gasteiger partial charge on any atom is -0.452 e. The molecule has 1 saturated heterocycles. The first kappa shape index (κ1) is 26.6. The third-order valence-corrected chi connectivity index (χ3v) is 7.05. The summed E-state index contributed by atoms with van der Waals surface area (Å²) in [5.74, 6) is -2.15. The van der Waals surface area contributed by atoms with Crippen molar-refractivity contribution in [3.63, 3.8) is 0 Å². The van der Waals surface area contributed by atoms with Crippen LogP contribution in [-0.4, -0.2) is 84.7 Å². The topological polar surface area (TPSA) is 169 Å². The Labute approximate surface area is 204 Å². The van der Waals surface area contributed by atoms with E-state index in [4.69, 9.17) is 16.2 Å². The molecular formula is C20H24F6N6O5+2. The van der Waals surface area contributed by atoms with Crippen LogP contribution < -0.4 is 22.1 Å². The SMILES string of the molecule is CC1[C@H](OC(=O)c2cc(C(F)(F)F)cc(C(F)(F)F)c2)[C@](C)(O)C23C(NC(N)=[N+]2O)[C@H](CO)NC(N)=[N+]13. The van der Waals surface area contributed by atoms with E-state index in [0.29, 0.717) is 4.74 Å². The molecule has 9 N–H and O–H groups in total. The number of carbonyl (C=O) groups excluding carboxylic acids is 1. The molecule has 3 heterocycles. The maximum Gasteiger partial charge on any atom is 0.416 e. The van der Waals surface area contributed by atoms with Crippen LogP contribution in [0.3, 0.4) is 0 Å². The number of hydrogen-bond acceptors (Lipinski definition) is 9. The lowest BCUT2D eigenvalue weighted by Crippen LogP contribution is -2.78. The summed E-state index contributed by atoms with van der Waals surface area (Å²) in [6.07, 6.45) is -12.1. The Balaban J connectivity index is 1.81. The van der Waals surface area contributed by atoms with Crippen molar-refractivity contribution in [2.75, 3.05) is 6.61 Å². The number of alkyl halides is 6. The van der Waals surface area contributed by atoms with Crippen molar-refractivity contribution < 1.29 is 60.6 Å². The van der Waals surface area contributed by atoms with E-state index in [2.05, 4.69) is 10.6 Å². The molecule has 3 aliphatic rings. The number of hydroxylamine groups is 1. The number of halogens is 6. The van der Waals surface area contributed by atoms with E-state index in [9.17, 15) is 46.6 Å². The molecule has 3 unspecified atom stereocenters. The Kier molecular flexibility index (Phi) is 5.76. The van der Waals surface area contributed by atoms with Crippen LogP contribution in [0.2, 0.25) is 0 Å². The lowest BCUT2D eigenvalue weighted by Gasteiger charge is -2.41. The van der Waals surface area contributed by atoms with Gasteiger partial charge in [0.2, 0.25) is 0 Å². The molecule has 1 aromatic carbocycles. The molecule has 17 heteroatoms. The van der Waals surface area contributed by atoms with Gasteiger partial charge in [-0.2, -0.15) is 26.3 Å². The zero-order valence-corrected chi connectivity index (χ0v) is 19.2. The van der Waals surface area contributed by atoms with Crippen molar-refractivity contribution in [3.05, 3.63) is 34.9 Å². The molecule has 37 heavy (non-hydrogen) atoms. The summed E-state index contributed by atoms with van der Waals surface area (Å²) in [5, 5.41) is 37.9. The highest BCUT2D eigenvalue weighted by atomic mass is 19.4. The van der Waals surface area contributed by atoms with Gasteiger partial charge < -0.3 is 20.2 Å². The first-order valence-corrected chi connectivity index (χ1v) is 10.8. The molecule has 0 aromatic heterocycles. The van der Waals surface area contributed by atoms with Gasteiger partial charge in [-0.3, -0.25) is 22.1 Å². The Morgan fingerprint density at radius 2 is 1.62 bits per heavy atom. The Hall–Kier alpha value is -3.47. The highest BCUT2D eigenvalue weighted by molar-refractivity contribution is 5.90. The maximum absolute atomic E-state index is 13.3. The van der Waals surface area contributed by atoms with Gasteiger partial charge in [0.25, 0.3) is 0 Å². The average molecular weight is 542 g/mol. The Morgan fingerprint density at radius 1 is 1.08 bits per heavy atom. The van der Waals surface area contributed by atoms with Crippen molar-refractivity contribution >= 4 is 17.9 Å². The lowest BCUT2D eigenvalue weighted by atomic mass is 9.79. The smallest absolute Gasteiger partial charge is 0.416 e. The third-order valence-electron chi connectivity index (χ3n) is 7.05. The van der Waals surface area contributed by atoms with Gasteiger partial charge in [-0.05, 0) is 36.8 Å². The summed E-state index contributed by atoms with van der Waals surface area (Å²) in [6.45, 7) is 1.95. The van der Waals surface area contributed by atoms with Crippen LogP contribution in [-0.2, 0) is 17.1 Å². The van der Waals surface area contributed by atoms with E-state index in [1.807, 2.05) is 0 Å². The van der Waals surface area contributed by atoms with Gasteiger partial charge in [-0.1, -0.05) is 0 Å². The summed E-state index contributed by atoms with van der Waals surface area (Å²) in [7, 11) is 0. The molecule has 11 nitrogen and oxygen atoms in total. The van der Waals surface area contributed by atoms with Crippen LogP contribution in [0, 0.1) is 0 Å². The zero-order valence-electron chi connectivity index (χ0n) is 19.2. The van der Waals surface area contributed by atoms with E-state index in [0.717, 1.165) is 6.92 Å². The molecule has 0 saturated carbocycles. The number of aliphatic hydroxyl groups is 2.